The number of aliphatic hydroxyl groups is 2. The predicted octanol–water partition coefficient (Wildman–Crippen LogP) is 1.22. The van der Waals surface area contributed by atoms with E-state index in [0.717, 1.165) is 5.57 Å². The average molecular weight is 262 g/mol. The monoisotopic (exact) mass is 262 g/mol. The van der Waals surface area contributed by atoms with Crippen molar-refractivity contribution in [2.75, 3.05) is 0 Å². The first-order chi connectivity index (χ1) is 8.98. The molecule has 0 spiro atoms. The van der Waals surface area contributed by atoms with E-state index < -0.39 is 18.0 Å². The molecule has 0 unspecified atom stereocenters. The molecule has 1 fully saturated rings. The SMILES string of the molecule is CC1(C)O[C@H]2C=CC=C(C3=CC=C[C@H](O)[C@@H]3O)[C@H]2O1. The van der Waals surface area contributed by atoms with Crippen LogP contribution in [0.25, 0.3) is 0 Å². The highest BCUT2D eigenvalue weighted by molar-refractivity contribution is 5.47. The first kappa shape index (κ1) is 12.8. The lowest BCUT2D eigenvalue weighted by molar-refractivity contribution is -0.139. The zero-order chi connectivity index (χ0) is 13.6. The van der Waals surface area contributed by atoms with Gasteiger partial charge in [-0.3, -0.25) is 0 Å². The highest BCUT2D eigenvalue weighted by Gasteiger charge is 2.44. The maximum atomic E-state index is 10.1. The zero-order valence-corrected chi connectivity index (χ0v) is 11.0. The third-order valence-electron chi connectivity index (χ3n) is 3.57. The van der Waals surface area contributed by atoms with Crippen molar-refractivity contribution < 1.29 is 19.7 Å². The molecule has 1 saturated heterocycles. The topological polar surface area (TPSA) is 58.9 Å². The Hall–Kier alpha value is -1.20. The number of hydrogen-bond acceptors (Lipinski definition) is 4. The van der Waals surface area contributed by atoms with Crippen LogP contribution in [0.3, 0.4) is 0 Å². The molecule has 3 rings (SSSR count). The quantitative estimate of drug-likeness (QED) is 0.746. The van der Waals surface area contributed by atoms with Crippen LogP contribution in [0.5, 0.6) is 0 Å². The Morgan fingerprint density at radius 3 is 2.47 bits per heavy atom. The van der Waals surface area contributed by atoms with Gasteiger partial charge in [0.25, 0.3) is 0 Å². The van der Waals surface area contributed by atoms with Gasteiger partial charge in [0, 0.05) is 0 Å². The third kappa shape index (κ3) is 2.21. The Morgan fingerprint density at radius 1 is 1.00 bits per heavy atom. The lowest BCUT2D eigenvalue weighted by Gasteiger charge is -2.28. The van der Waals surface area contributed by atoms with E-state index in [1.807, 2.05) is 38.2 Å². The van der Waals surface area contributed by atoms with Crippen molar-refractivity contribution in [3.8, 4) is 0 Å². The minimum absolute atomic E-state index is 0.147. The standard InChI is InChI=1S/C15H18O4/c1-15(2)18-12-8-4-6-10(14(12)19-15)9-5-3-7-11(16)13(9)17/h3-8,11-14,16-17H,1-2H3/t11-,12-,13+,14+/m0/s1. The molecule has 1 heterocycles. The Bertz CT molecular complexity index is 498. The first-order valence-electron chi connectivity index (χ1n) is 6.47. The van der Waals surface area contributed by atoms with Crippen LogP contribution in [0.15, 0.2) is 47.6 Å². The Kier molecular flexibility index (Phi) is 2.98. The Labute approximate surface area is 112 Å². The molecule has 0 aromatic heterocycles. The summed E-state index contributed by atoms with van der Waals surface area (Å²) in [4.78, 5) is 0. The molecule has 0 radical (unpaired) electrons. The molecule has 4 nitrogen and oxygen atoms in total. The molecule has 19 heavy (non-hydrogen) atoms. The van der Waals surface area contributed by atoms with E-state index in [1.165, 1.54) is 0 Å². The third-order valence-corrected chi connectivity index (χ3v) is 3.57. The van der Waals surface area contributed by atoms with Gasteiger partial charge in [-0.25, -0.2) is 0 Å². The summed E-state index contributed by atoms with van der Waals surface area (Å²) in [6.45, 7) is 3.74. The predicted molar refractivity (Wildman–Crippen MR) is 70.3 cm³/mol. The summed E-state index contributed by atoms with van der Waals surface area (Å²) in [5, 5.41) is 19.8. The molecule has 0 amide bonds. The highest BCUT2D eigenvalue weighted by Crippen LogP contribution is 2.38. The summed E-state index contributed by atoms with van der Waals surface area (Å²) < 4.78 is 11.7. The minimum Gasteiger partial charge on any atom is -0.386 e. The van der Waals surface area contributed by atoms with E-state index in [4.69, 9.17) is 9.47 Å². The molecule has 0 aromatic carbocycles. The number of hydrogen-bond donors (Lipinski definition) is 2. The van der Waals surface area contributed by atoms with Crippen molar-refractivity contribution in [1.82, 2.24) is 0 Å². The lowest BCUT2D eigenvalue weighted by Crippen LogP contribution is -2.34. The maximum absolute atomic E-state index is 10.1. The van der Waals surface area contributed by atoms with E-state index >= 15 is 0 Å². The molecule has 2 N–H and O–H groups in total. The van der Waals surface area contributed by atoms with Gasteiger partial charge in [0.1, 0.15) is 24.4 Å². The zero-order valence-electron chi connectivity index (χ0n) is 11.0. The van der Waals surface area contributed by atoms with Crippen LogP contribution in [-0.2, 0) is 9.47 Å². The molecule has 102 valence electrons. The molecule has 0 bridgehead atoms. The summed E-state index contributed by atoms with van der Waals surface area (Å²) in [6, 6.07) is 0. The van der Waals surface area contributed by atoms with Gasteiger partial charge in [-0.15, -0.1) is 0 Å². The number of fused-ring (bicyclic) bond motifs is 1. The fourth-order valence-corrected chi connectivity index (χ4v) is 2.72. The van der Waals surface area contributed by atoms with Gasteiger partial charge >= 0.3 is 0 Å². The molecular formula is C15H18O4. The fraction of sp³-hybridized carbons (Fsp3) is 0.467. The van der Waals surface area contributed by atoms with Gasteiger partial charge in [-0.2, -0.15) is 0 Å². The molecule has 0 saturated carbocycles. The van der Waals surface area contributed by atoms with Crippen LogP contribution >= 0.6 is 0 Å². The second-order valence-corrected chi connectivity index (χ2v) is 5.47. The minimum atomic E-state index is -0.921. The Morgan fingerprint density at radius 2 is 1.68 bits per heavy atom. The molecule has 4 atom stereocenters. The first-order valence-corrected chi connectivity index (χ1v) is 6.47. The van der Waals surface area contributed by atoms with Gasteiger partial charge in [-0.05, 0) is 25.0 Å². The number of rotatable bonds is 1. The summed E-state index contributed by atoms with van der Waals surface area (Å²) >= 11 is 0. The number of allylic oxidation sites excluding steroid dienone is 4. The van der Waals surface area contributed by atoms with Crippen LogP contribution in [0.1, 0.15) is 13.8 Å². The van der Waals surface area contributed by atoms with Crippen molar-refractivity contribution >= 4 is 0 Å². The Balaban J connectivity index is 1.93. The van der Waals surface area contributed by atoms with E-state index in [9.17, 15) is 10.2 Å². The van der Waals surface area contributed by atoms with Crippen molar-refractivity contribution in [3.63, 3.8) is 0 Å². The maximum Gasteiger partial charge on any atom is 0.164 e. The second-order valence-electron chi connectivity index (χ2n) is 5.47. The van der Waals surface area contributed by atoms with Crippen LogP contribution in [-0.4, -0.2) is 40.4 Å². The van der Waals surface area contributed by atoms with E-state index in [0.29, 0.717) is 5.57 Å². The van der Waals surface area contributed by atoms with Crippen LogP contribution in [0.4, 0.5) is 0 Å². The van der Waals surface area contributed by atoms with Crippen molar-refractivity contribution in [1.29, 1.82) is 0 Å². The second kappa shape index (κ2) is 4.42. The molecule has 3 aliphatic rings. The van der Waals surface area contributed by atoms with E-state index in [1.54, 1.807) is 12.2 Å². The molecular weight excluding hydrogens is 244 g/mol. The van der Waals surface area contributed by atoms with Gasteiger partial charge in [0.05, 0.1) is 0 Å². The van der Waals surface area contributed by atoms with Gasteiger partial charge in [0.2, 0.25) is 0 Å². The number of aliphatic hydroxyl groups excluding tert-OH is 2. The lowest BCUT2D eigenvalue weighted by atomic mass is 9.86. The smallest absolute Gasteiger partial charge is 0.164 e. The average Bonchev–Trinajstić information content (AvgIpc) is 2.66. The normalized spacial score (nSPS) is 39.8. The van der Waals surface area contributed by atoms with E-state index in [-0.39, 0.29) is 12.2 Å². The highest BCUT2D eigenvalue weighted by atomic mass is 16.7. The van der Waals surface area contributed by atoms with Crippen molar-refractivity contribution in [2.24, 2.45) is 0 Å². The number of ether oxygens (including phenoxy) is 2. The van der Waals surface area contributed by atoms with Crippen LogP contribution in [0, 0.1) is 0 Å². The van der Waals surface area contributed by atoms with E-state index in [2.05, 4.69) is 0 Å². The van der Waals surface area contributed by atoms with Gasteiger partial charge in [-0.1, -0.05) is 36.5 Å². The van der Waals surface area contributed by atoms with Crippen LogP contribution in [0.2, 0.25) is 0 Å². The molecule has 1 aliphatic heterocycles. The largest absolute Gasteiger partial charge is 0.386 e. The summed E-state index contributed by atoms with van der Waals surface area (Å²) in [6.07, 6.45) is 8.72. The molecule has 4 heteroatoms. The summed E-state index contributed by atoms with van der Waals surface area (Å²) in [5.74, 6) is -0.641. The van der Waals surface area contributed by atoms with Crippen molar-refractivity contribution in [3.05, 3.63) is 47.6 Å². The molecule has 0 aromatic rings. The molecule has 2 aliphatic carbocycles. The summed E-state index contributed by atoms with van der Waals surface area (Å²) in [7, 11) is 0. The fourth-order valence-electron chi connectivity index (χ4n) is 2.72. The van der Waals surface area contributed by atoms with Crippen LogP contribution < -0.4 is 0 Å². The van der Waals surface area contributed by atoms with Gasteiger partial charge in [0.15, 0.2) is 5.79 Å². The van der Waals surface area contributed by atoms with Crippen molar-refractivity contribution in [2.45, 2.75) is 44.1 Å². The van der Waals surface area contributed by atoms with Gasteiger partial charge < -0.3 is 19.7 Å². The summed E-state index contributed by atoms with van der Waals surface area (Å²) in [5.41, 5.74) is 1.56.